The van der Waals surface area contributed by atoms with Gasteiger partial charge in [-0.3, -0.25) is 9.59 Å². The third-order valence-electron chi connectivity index (χ3n) is 4.90. The Balaban J connectivity index is 1.33. The highest BCUT2D eigenvalue weighted by Crippen LogP contribution is 2.22. The van der Waals surface area contributed by atoms with Crippen LogP contribution in [-0.4, -0.2) is 43.0 Å². The zero-order valence-electron chi connectivity index (χ0n) is 16.0. The first-order valence-corrected chi connectivity index (χ1v) is 10.0. The maximum atomic E-state index is 13.1. The summed E-state index contributed by atoms with van der Waals surface area (Å²) in [5, 5.41) is 6.22. The number of halogens is 2. The molecule has 0 unspecified atom stereocenters. The van der Waals surface area contributed by atoms with Crippen LogP contribution >= 0.6 is 11.6 Å². The minimum Gasteiger partial charge on any atom is -0.357 e. The van der Waals surface area contributed by atoms with Crippen molar-refractivity contribution in [3.05, 3.63) is 59.0 Å². The molecule has 8 heteroatoms. The summed E-state index contributed by atoms with van der Waals surface area (Å²) in [6, 6.07) is 9.66. The number of pyridine rings is 1. The first kappa shape index (κ1) is 21.0. The summed E-state index contributed by atoms with van der Waals surface area (Å²) >= 11 is 5.87. The van der Waals surface area contributed by atoms with Crippen molar-refractivity contribution in [2.24, 2.45) is 5.92 Å². The molecule has 1 aromatic heterocycles. The van der Waals surface area contributed by atoms with Crippen molar-refractivity contribution < 1.29 is 14.0 Å². The summed E-state index contributed by atoms with van der Waals surface area (Å²) in [6.45, 7) is 2.23. The van der Waals surface area contributed by atoms with Gasteiger partial charge in [0.15, 0.2) is 0 Å². The number of carbonyl (C=O) groups excluding carboxylic acids is 2. The zero-order chi connectivity index (χ0) is 20.6. The Labute approximate surface area is 174 Å². The molecule has 2 amide bonds. The van der Waals surface area contributed by atoms with Crippen molar-refractivity contribution in [3.63, 3.8) is 0 Å². The van der Waals surface area contributed by atoms with Gasteiger partial charge in [-0.2, -0.15) is 0 Å². The molecule has 0 bridgehead atoms. The highest BCUT2D eigenvalue weighted by molar-refractivity contribution is 6.30. The Morgan fingerprint density at radius 1 is 1.14 bits per heavy atom. The molecule has 0 radical (unpaired) electrons. The SMILES string of the molecule is O=C(Cc1cccc(F)c1)NCCNC(=O)C1CCN(c2ccc(Cl)cn2)CC1. The first-order valence-electron chi connectivity index (χ1n) is 9.66. The predicted molar refractivity (Wildman–Crippen MR) is 110 cm³/mol. The number of benzene rings is 1. The predicted octanol–water partition coefficient (Wildman–Crippen LogP) is 2.57. The minimum absolute atomic E-state index is 0.00750. The Bertz CT molecular complexity index is 839. The second-order valence-corrected chi connectivity index (χ2v) is 7.48. The summed E-state index contributed by atoms with van der Waals surface area (Å²) in [7, 11) is 0. The molecule has 1 fully saturated rings. The maximum absolute atomic E-state index is 13.1. The van der Waals surface area contributed by atoms with Crippen LogP contribution in [0.2, 0.25) is 5.02 Å². The fourth-order valence-corrected chi connectivity index (χ4v) is 3.46. The van der Waals surface area contributed by atoms with Crippen molar-refractivity contribution in [2.45, 2.75) is 19.3 Å². The number of aromatic nitrogens is 1. The van der Waals surface area contributed by atoms with Gasteiger partial charge in [-0.1, -0.05) is 23.7 Å². The van der Waals surface area contributed by atoms with E-state index in [1.165, 1.54) is 12.1 Å². The molecule has 0 atom stereocenters. The van der Waals surface area contributed by atoms with Crippen LogP contribution < -0.4 is 15.5 Å². The number of hydrogen-bond acceptors (Lipinski definition) is 4. The number of hydrogen-bond donors (Lipinski definition) is 2. The van der Waals surface area contributed by atoms with E-state index in [-0.39, 0.29) is 30.0 Å². The molecule has 2 N–H and O–H groups in total. The fourth-order valence-electron chi connectivity index (χ4n) is 3.35. The van der Waals surface area contributed by atoms with Gasteiger partial charge in [0.2, 0.25) is 11.8 Å². The number of nitrogens with one attached hydrogen (secondary N) is 2. The molecule has 0 spiro atoms. The lowest BCUT2D eigenvalue weighted by Crippen LogP contribution is -2.43. The van der Waals surface area contributed by atoms with Gasteiger partial charge in [0, 0.05) is 38.3 Å². The largest absolute Gasteiger partial charge is 0.357 e. The molecule has 3 rings (SSSR count). The van der Waals surface area contributed by atoms with E-state index in [9.17, 15) is 14.0 Å². The monoisotopic (exact) mass is 418 g/mol. The Kier molecular flexibility index (Phi) is 7.41. The standard InChI is InChI=1S/C21H24ClFN4O2/c22-17-4-5-19(26-14-17)27-10-6-16(7-11-27)21(29)25-9-8-24-20(28)13-15-2-1-3-18(23)12-15/h1-5,12,14,16H,6-11,13H2,(H,24,28)(H,25,29). The molecular formula is C21H24ClFN4O2. The van der Waals surface area contributed by atoms with E-state index in [4.69, 9.17) is 11.6 Å². The van der Waals surface area contributed by atoms with Crippen LogP contribution in [0.3, 0.4) is 0 Å². The topological polar surface area (TPSA) is 74.3 Å². The molecule has 1 aliphatic heterocycles. The molecule has 2 heterocycles. The van der Waals surface area contributed by atoms with Gasteiger partial charge in [-0.25, -0.2) is 9.37 Å². The van der Waals surface area contributed by atoms with Crippen molar-refractivity contribution >= 4 is 29.2 Å². The number of anilines is 1. The third-order valence-corrected chi connectivity index (χ3v) is 5.13. The second kappa shape index (κ2) is 10.2. The average Bonchev–Trinajstić information content (AvgIpc) is 2.72. The van der Waals surface area contributed by atoms with E-state index >= 15 is 0 Å². The van der Waals surface area contributed by atoms with E-state index in [0.29, 0.717) is 23.7 Å². The van der Waals surface area contributed by atoms with Crippen LogP contribution in [0.15, 0.2) is 42.6 Å². The first-order chi connectivity index (χ1) is 14.0. The second-order valence-electron chi connectivity index (χ2n) is 7.04. The van der Waals surface area contributed by atoms with Crippen molar-refractivity contribution in [1.29, 1.82) is 0 Å². The molecule has 0 saturated carbocycles. The van der Waals surface area contributed by atoms with Gasteiger partial charge in [-0.15, -0.1) is 0 Å². The minimum atomic E-state index is -0.361. The summed E-state index contributed by atoms with van der Waals surface area (Å²) in [4.78, 5) is 30.7. The van der Waals surface area contributed by atoms with Crippen LogP contribution in [0.5, 0.6) is 0 Å². The molecule has 154 valence electrons. The smallest absolute Gasteiger partial charge is 0.224 e. The number of piperidine rings is 1. The fraction of sp³-hybridized carbons (Fsp3) is 0.381. The van der Waals surface area contributed by atoms with Crippen LogP contribution in [-0.2, 0) is 16.0 Å². The molecule has 1 aliphatic rings. The van der Waals surface area contributed by atoms with Crippen molar-refractivity contribution in [2.75, 3.05) is 31.1 Å². The van der Waals surface area contributed by atoms with Crippen molar-refractivity contribution in [1.82, 2.24) is 15.6 Å². The van der Waals surface area contributed by atoms with Gasteiger partial charge in [0.25, 0.3) is 0 Å². The summed E-state index contributed by atoms with van der Waals surface area (Å²) < 4.78 is 13.1. The van der Waals surface area contributed by atoms with Crippen LogP contribution in [0, 0.1) is 11.7 Å². The van der Waals surface area contributed by atoms with Gasteiger partial charge in [0.1, 0.15) is 11.6 Å². The van der Waals surface area contributed by atoms with E-state index in [1.807, 2.05) is 12.1 Å². The highest BCUT2D eigenvalue weighted by atomic mass is 35.5. The molecular weight excluding hydrogens is 395 g/mol. The van der Waals surface area contributed by atoms with Gasteiger partial charge < -0.3 is 15.5 Å². The van der Waals surface area contributed by atoms with Gasteiger partial charge >= 0.3 is 0 Å². The Morgan fingerprint density at radius 2 is 1.90 bits per heavy atom. The van der Waals surface area contributed by atoms with Gasteiger partial charge in [-0.05, 0) is 42.7 Å². The van der Waals surface area contributed by atoms with Gasteiger partial charge in [0.05, 0.1) is 11.4 Å². The molecule has 2 aromatic rings. The van der Waals surface area contributed by atoms with Crippen LogP contribution in [0.25, 0.3) is 0 Å². The summed E-state index contributed by atoms with van der Waals surface area (Å²) in [5.74, 6) is 0.276. The number of amides is 2. The zero-order valence-corrected chi connectivity index (χ0v) is 16.8. The summed E-state index contributed by atoms with van der Waals surface area (Å²) in [6.07, 6.45) is 3.24. The number of rotatable bonds is 7. The molecule has 1 aromatic carbocycles. The van der Waals surface area contributed by atoms with Crippen molar-refractivity contribution in [3.8, 4) is 0 Å². The van der Waals surface area contributed by atoms with Crippen LogP contribution in [0.4, 0.5) is 10.2 Å². The molecule has 0 aliphatic carbocycles. The lowest BCUT2D eigenvalue weighted by Gasteiger charge is -2.32. The van der Waals surface area contributed by atoms with E-state index < -0.39 is 0 Å². The highest BCUT2D eigenvalue weighted by Gasteiger charge is 2.25. The lowest BCUT2D eigenvalue weighted by molar-refractivity contribution is -0.126. The summed E-state index contributed by atoms with van der Waals surface area (Å²) in [5.41, 5.74) is 0.619. The Morgan fingerprint density at radius 3 is 2.59 bits per heavy atom. The maximum Gasteiger partial charge on any atom is 0.224 e. The van der Waals surface area contributed by atoms with Crippen LogP contribution in [0.1, 0.15) is 18.4 Å². The lowest BCUT2D eigenvalue weighted by atomic mass is 9.96. The number of carbonyl (C=O) groups is 2. The number of nitrogens with zero attached hydrogens (tertiary/aromatic N) is 2. The average molecular weight is 419 g/mol. The Hall–Kier alpha value is -2.67. The molecule has 29 heavy (non-hydrogen) atoms. The quantitative estimate of drug-likeness (QED) is 0.678. The van der Waals surface area contributed by atoms with E-state index in [1.54, 1.807) is 18.3 Å². The third kappa shape index (κ3) is 6.42. The molecule has 6 nitrogen and oxygen atoms in total. The van der Waals surface area contributed by atoms with E-state index in [2.05, 4.69) is 20.5 Å². The van der Waals surface area contributed by atoms with E-state index in [0.717, 1.165) is 31.7 Å². The molecule has 1 saturated heterocycles. The normalized spacial score (nSPS) is 14.5.